The lowest BCUT2D eigenvalue weighted by Crippen LogP contribution is -1.91. The zero-order chi connectivity index (χ0) is 37.9. The molecule has 0 saturated heterocycles. The van der Waals surface area contributed by atoms with Gasteiger partial charge in [0.25, 0.3) is 0 Å². The van der Waals surface area contributed by atoms with Crippen molar-refractivity contribution in [1.82, 2.24) is 0 Å². The maximum absolute atomic E-state index is 6.73. The topological polar surface area (TPSA) is 26.3 Å². The molecule has 278 valence electrons. The molecule has 0 aliphatic heterocycles. The first kappa shape index (κ1) is 31.5. The second kappa shape index (κ2) is 11.9. The van der Waals surface area contributed by atoms with Crippen molar-refractivity contribution in [2.75, 3.05) is 0 Å². The molecule has 58 heavy (non-hydrogen) atoms. The fraction of sp³-hybridized carbons (Fsp3) is 0. The van der Waals surface area contributed by atoms with Crippen LogP contribution >= 0.6 is 0 Å². The van der Waals surface area contributed by atoms with Crippen molar-refractivity contribution < 1.29 is 16.0 Å². The van der Waals surface area contributed by atoms with Crippen molar-refractivity contribution in [2.24, 2.45) is 0 Å². The molecule has 2 heterocycles. The van der Waals surface area contributed by atoms with Crippen LogP contribution in [0.2, 0.25) is 0 Å². The van der Waals surface area contributed by atoms with E-state index < -0.39 is 0 Å². The van der Waals surface area contributed by atoms with Crippen molar-refractivity contribution in [2.45, 2.75) is 0 Å². The van der Waals surface area contributed by atoms with Crippen LogP contribution in [-0.2, 0) is 0 Å². The third-order valence-corrected chi connectivity index (χ3v) is 12.4. The molecule has 11 aromatic carbocycles. The first-order valence-electron chi connectivity index (χ1n) is 19.9. The van der Waals surface area contributed by atoms with Crippen LogP contribution < -0.4 is 0 Å². The van der Waals surface area contributed by atoms with Gasteiger partial charge >= 0.3 is 0 Å². The van der Waals surface area contributed by atoms with Crippen molar-refractivity contribution in [3.8, 4) is 33.4 Å². The SMILES string of the molecule is [HH].[HH].[HH].[HH].[HH].c1ccc2cc3c(cc2c1)oc1c2ccc(-c4ccc(-c5c6ccccc6c(-c6ccc7oc8ccccc8c7c6)c6ccccc56)cc4)cc2c2ccccc2c31. The minimum absolute atomic E-state index is 0. The minimum atomic E-state index is 0. The van der Waals surface area contributed by atoms with Gasteiger partial charge in [-0.1, -0.05) is 152 Å². The highest BCUT2D eigenvalue weighted by atomic mass is 16.3. The van der Waals surface area contributed by atoms with E-state index in [2.05, 4.69) is 182 Å². The average Bonchev–Trinajstić information content (AvgIpc) is 3.85. The standard InChI is InChI=1S/C56H32O2.5H2/c1-2-12-36-32-52-49(30-35(36)11-1)55-41-15-4-3-13-39(41)47-29-37(25-27-46(47)56(55)58-52)33-21-23-34(24-22-33)53-42-16-5-7-18-44(42)54(45-19-8-6-17-43(45)53)38-26-28-51-48(31-38)40-14-9-10-20-50(40)57-51;;;;;/h1-32H;5*1H. The van der Waals surface area contributed by atoms with Gasteiger partial charge in [0, 0.05) is 34.1 Å². The Morgan fingerprint density at radius 3 is 1.50 bits per heavy atom. The van der Waals surface area contributed by atoms with Gasteiger partial charge in [0.15, 0.2) is 0 Å². The number of hydrogen-bond acceptors (Lipinski definition) is 2. The molecule has 2 nitrogen and oxygen atoms in total. The van der Waals surface area contributed by atoms with E-state index in [1.165, 1.54) is 87.2 Å². The molecule has 2 heteroatoms. The van der Waals surface area contributed by atoms with E-state index in [1.807, 2.05) is 12.1 Å². The van der Waals surface area contributed by atoms with Gasteiger partial charge in [-0.2, -0.15) is 0 Å². The highest BCUT2D eigenvalue weighted by molar-refractivity contribution is 6.31. The van der Waals surface area contributed by atoms with E-state index in [9.17, 15) is 0 Å². The molecule has 0 saturated carbocycles. The number of benzene rings is 11. The number of hydrogen-bond donors (Lipinski definition) is 0. The fourth-order valence-electron chi connectivity index (χ4n) is 9.78. The zero-order valence-corrected chi connectivity index (χ0v) is 31.3. The smallest absolute Gasteiger partial charge is 0.143 e. The molecule has 0 N–H and O–H groups in total. The van der Waals surface area contributed by atoms with E-state index >= 15 is 0 Å². The zero-order valence-electron chi connectivity index (χ0n) is 31.3. The van der Waals surface area contributed by atoms with Crippen LogP contribution in [-0.4, -0.2) is 0 Å². The first-order valence-corrected chi connectivity index (χ1v) is 19.9. The Balaban J connectivity index is 0.00000109. The summed E-state index contributed by atoms with van der Waals surface area (Å²) in [5.74, 6) is 0. The normalized spacial score (nSPS) is 12.1. The maximum Gasteiger partial charge on any atom is 0.143 e. The van der Waals surface area contributed by atoms with Gasteiger partial charge in [0.05, 0.1) is 0 Å². The van der Waals surface area contributed by atoms with E-state index in [4.69, 9.17) is 8.83 Å². The molecule has 13 rings (SSSR count). The fourth-order valence-corrected chi connectivity index (χ4v) is 9.78. The predicted molar refractivity (Wildman–Crippen MR) is 255 cm³/mol. The van der Waals surface area contributed by atoms with Gasteiger partial charge in [0.1, 0.15) is 22.3 Å². The quantitative estimate of drug-likeness (QED) is 0.133. The molecular weight excluding hydrogens is 705 g/mol. The average molecular weight is 747 g/mol. The third-order valence-electron chi connectivity index (χ3n) is 12.4. The van der Waals surface area contributed by atoms with Gasteiger partial charge in [-0.15, -0.1) is 0 Å². The Morgan fingerprint density at radius 2 is 0.776 bits per heavy atom. The Labute approximate surface area is 340 Å². The lowest BCUT2D eigenvalue weighted by molar-refractivity contribution is 0.669. The van der Waals surface area contributed by atoms with Gasteiger partial charge in [-0.25, -0.2) is 0 Å². The summed E-state index contributed by atoms with van der Waals surface area (Å²) in [7, 11) is 0. The van der Waals surface area contributed by atoms with E-state index in [-0.39, 0.29) is 7.13 Å². The molecule has 2 aromatic heterocycles. The highest BCUT2D eigenvalue weighted by Gasteiger charge is 2.20. The second-order valence-corrected chi connectivity index (χ2v) is 15.5. The number of rotatable bonds is 3. The Bertz CT molecular complexity index is 3810. The van der Waals surface area contributed by atoms with E-state index in [1.54, 1.807) is 0 Å². The van der Waals surface area contributed by atoms with Crippen molar-refractivity contribution in [1.29, 1.82) is 0 Å². The third kappa shape index (κ3) is 4.48. The summed E-state index contributed by atoms with van der Waals surface area (Å²) in [6.07, 6.45) is 0. The van der Waals surface area contributed by atoms with Crippen LogP contribution in [0.5, 0.6) is 0 Å². The monoisotopic (exact) mass is 746 g/mol. The molecule has 0 aliphatic carbocycles. The lowest BCUT2D eigenvalue weighted by atomic mass is 9.85. The summed E-state index contributed by atoms with van der Waals surface area (Å²) >= 11 is 0. The maximum atomic E-state index is 6.73. The predicted octanol–water partition coefficient (Wildman–Crippen LogP) is 17.5. The van der Waals surface area contributed by atoms with Crippen LogP contribution in [0.4, 0.5) is 0 Å². The van der Waals surface area contributed by atoms with Gasteiger partial charge < -0.3 is 8.83 Å². The summed E-state index contributed by atoms with van der Waals surface area (Å²) in [6.45, 7) is 0. The minimum Gasteiger partial charge on any atom is -0.456 e. The van der Waals surface area contributed by atoms with Crippen molar-refractivity contribution in [3.63, 3.8) is 0 Å². The molecule has 0 fully saturated rings. The number of fused-ring (bicyclic) bond motifs is 14. The Morgan fingerprint density at radius 1 is 0.259 bits per heavy atom. The Hall–Kier alpha value is -7.68. The molecule has 0 amide bonds. The molecule has 0 atom stereocenters. The molecule has 0 radical (unpaired) electrons. The summed E-state index contributed by atoms with van der Waals surface area (Å²) in [5, 5.41) is 16.7. The summed E-state index contributed by atoms with van der Waals surface area (Å²) in [5.41, 5.74) is 10.9. The van der Waals surface area contributed by atoms with Crippen molar-refractivity contribution in [3.05, 3.63) is 194 Å². The highest BCUT2D eigenvalue weighted by Crippen LogP contribution is 2.46. The Kier molecular flexibility index (Phi) is 6.47. The molecular formula is C56H42O2. The molecule has 0 unspecified atom stereocenters. The first-order chi connectivity index (χ1) is 28.7. The van der Waals surface area contributed by atoms with Gasteiger partial charge in [-0.05, 0) is 124 Å². The second-order valence-electron chi connectivity index (χ2n) is 15.5. The van der Waals surface area contributed by atoms with Gasteiger partial charge in [0.2, 0.25) is 0 Å². The van der Waals surface area contributed by atoms with Crippen LogP contribution in [0.15, 0.2) is 203 Å². The van der Waals surface area contributed by atoms with E-state index in [0.29, 0.717) is 0 Å². The van der Waals surface area contributed by atoms with Gasteiger partial charge in [-0.3, -0.25) is 0 Å². The molecule has 0 aliphatic rings. The number of furan rings is 2. The largest absolute Gasteiger partial charge is 0.456 e. The van der Waals surface area contributed by atoms with Crippen LogP contribution in [0.1, 0.15) is 7.13 Å². The van der Waals surface area contributed by atoms with E-state index in [0.717, 1.165) is 43.9 Å². The van der Waals surface area contributed by atoms with Crippen LogP contribution in [0, 0.1) is 0 Å². The molecule has 0 bridgehead atoms. The summed E-state index contributed by atoms with van der Waals surface area (Å²) in [4.78, 5) is 0. The molecule has 0 spiro atoms. The molecule has 13 aromatic rings. The number of para-hydroxylation sites is 1. The van der Waals surface area contributed by atoms with Crippen LogP contribution in [0.25, 0.3) is 131 Å². The van der Waals surface area contributed by atoms with Crippen LogP contribution in [0.3, 0.4) is 0 Å². The summed E-state index contributed by atoms with van der Waals surface area (Å²) < 4.78 is 12.9. The summed E-state index contributed by atoms with van der Waals surface area (Å²) in [6, 6.07) is 70.4. The lowest BCUT2D eigenvalue weighted by Gasteiger charge is -2.18. The van der Waals surface area contributed by atoms with Crippen molar-refractivity contribution >= 4 is 97.7 Å².